The van der Waals surface area contributed by atoms with Gasteiger partial charge in [-0.05, 0) is 24.5 Å². The second-order valence-electron chi connectivity index (χ2n) is 3.09. The van der Waals surface area contributed by atoms with Crippen molar-refractivity contribution in [1.82, 2.24) is 0 Å². The normalized spacial score (nSPS) is 10.2. The maximum atomic E-state index is 3.73. The van der Waals surface area contributed by atoms with Gasteiger partial charge in [0.05, 0.1) is 0 Å². The maximum Gasteiger partial charge on any atom is 0.00589 e. The minimum atomic E-state index is 0.977. The van der Waals surface area contributed by atoms with Gasteiger partial charge in [0.15, 0.2) is 0 Å². The molecule has 0 aliphatic heterocycles. The lowest BCUT2D eigenvalue weighted by atomic mass is 9.94. The molecule has 12 heavy (non-hydrogen) atoms. The molecule has 1 rings (SSSR count). The van der Waals surface area contributed by atoms with E-state index in [-0.39, 0.29) is 0 Å². The minimum absolute atomic E-state index is 0.977. The molecule has 1 aromatic rings. The molecular weight excluding hydrogens is 144 g/mol. The molecule has 63 valence electrons. The summed E-state index contributed by atoms with van der Waals surface area (Å²) in [6.45, 7) is 8.03. The second-order valence-corrected chi connectivity index (χ2v) is 3.09. The second kappa shape index (κ2) is 4.10. The Balaban J connectivity index is 2.86. The largest absolute Gasteiger partial charge is 0.103 e. The van der Waals surface area contributed by atoms with E-state index in [0.717, 1.165) is 6.42 Å². The first-order valence-corrected chi connectivity index (χ1v) is 4.25. The fraction of sp³-hybridized carbons (Fsp3) is 0.250. The fourth-order valence-corrected chi connectivity index (χ4v) is 1.38. The van der Waals surface area contributed by atoms with Crippen molar-refractivity contribution in [2.24, 2.45) is 0 Å². The van der Waals surface area contributed by atoms with Crippen LogP contribution in [0, 0.1) is 12.8 Å². The maximum absolute atomic E-state index is 3.73. The summed E-state index contributed by atoms with van der Waals surface area (Å²) in [4.78, 5) is 0. The highest BCUT2D eigenvalue weighted by Gasteiger charge is 2.05. The molecule has 0 saturated carbocycles. The molecule has 0 aliphatic rings. The summed E-state index contributed by atoms with van der Waals surface area (Å²) in [6, 6.07) is 8.45. The Hall–Kier alpha value is -1.04. The van der Waals surface area contributed by atoms with Gasteiger partial charge in [-0.3, -0.25) is 0 Å². The van der Waals surface area contributed by atoms with Crippen LogP contribution in [0.3, 0.4) is 0 Å². The van der Waals surface area contributed by atoms with E-state index in [1.54, 1.807) is 0 Å². The Morgan fingerprint density at radius 3 is 2.67 bits per heavy atom. The van der Waals surface area contributed by atoms with Gasteiger partial charge in [-0.25, -0.2) is 0 Å². The van der Waals surface area contributed by atoms with Crippen molar-refractivity contribution in [3.8, 4) is 0 Å². The van der Waals surface area contributed by atoms with Gasteiger partial charge >= 0.3 is 0 Å². The molecule has 0 amide bonds. The Kier molecular flexibility index (Phi) is 3.09. The highest BCUT2D eigenvalue weighted by atomic mass is 14.1. The van der Waals surface area contributed by atoms with Gasteiger partial charge in [0.25, 0.3) is 0 Å². The molecule has 0 N–H and O–H groups in total. The van der Waals surface area contributed by atoms with E-state index in [0.29, 0.717) is 0 Å². The number of aryl methyl sites for hydroxylation is 1. The third-order valence-electron chi connectivity index (χ3n) is 2.06. The molecule has 0 aliphatic carbocycles. The van der Waals surface area contributed by atoms with Crippen LogP contribution in [-0.2, 0) is 0 Å². The van der Waals surface area contributed by atoms with Gasteiger partial charge in [0, 0.05) is 5.92 Å². The first-order valence-electron chi connectivity index (χ1n) is 4.25. The van der Waals surface area contributed by atoms with Crippen LogP contribution in [0.2, 0.25) is 0 Å². The Bertz CT molecular complexity index is 260. The van der Waals surface area contributed by atoms with Crippen LogP contribution in [0.25, 0.3) is 0 Å². The number of allylic oxidation sites excluding steroid dienone is 1. The molecule has 0 bridgehead atoms. The molecule has 1 aromatic carbocycles. The SMILES string of the molecule is C=CC[C](C)c1ccccc1C. The smallest absolute Gasteiger partial charge is 0.00589 e. The third-order valence-corrected chi connectivity index (χ3v) is 2.06. The van der Waals surface area contributed by atoms with Crippen LogP contribution >= 0.6 is 0 Å². The zero-order valence-corrected chi connectivity index (χ0v) is 7.80. The summed E-state index contributed by atoms with van der Waals surface area (Å²) in [5, 5.41) is 0. The summed E-state index contributed by atoms with van der Waals surface area (Å²) < 4.78 is 0. The number of rotatable bonds is 3. The summed E-state index contributed by atoms with van der Waals surface area (Å²) in [7, 11) is 0. The van der Waals surface area contributed by atoms with Crippen molar-refractivity contribution in [2.75, 3.05) is 0 Å². The highest BCUT2D eigenvalue weighted by molar-refractivity contribution is 5.37. The molecule has 1 radical (unpaired) electrons. The van der Waals surface area contributed by atoms with Crippen molar-refractivity contribution in [3.63, 3.8) is 0 Å². The van der Waals surface area contributed by atoms with Crippen molar-refractivity contribution in [2.45, 2.75) is 20.3 Å². The standard InChI is InChI=1S/C12H15/c1-4-7-10(2)12-9-6-5-8-11(12)3/h4-6,8-9H,1,7H2,2-3H3. The van der Waals surface area contributed by atoms with E-state index in [2.05, 4.69) is 44.7 Å². The quantitative estimate of drug-likeness (QED) is 0.592. The van der Waals surface area contributed by atoms with Crippen LogP contribution in [0.5, 0.6) is 0 Å². The average molecular weight is 159 g/mol. The fourth-order valence-electron chi connectivity index (χ4n) is 1.38. The monoisotopic (exact) mass is 159 g/mol. The van der Waals surface area contributed by atoms with E-state index in [1.165, 1.54) is 17.0 Å². The van der Waals surface area contributed by atoms with Gasteiger partial charge in [-0.15, -0.1) is 6.58 Å². The third kappa shape index (κ3) is 1.97. The lowest BCUT2D eigenvalue weighted by molar-refractivity contribution is 1.02. The minimum Gasteiger partial charge on any atom is -0.103 e. The summed E-state index contributed by atoms with van der Waals surface area (Å²) >= 11 is 0. The molecular formula is C12H15. The zero-order chi connectivity index (χ0) is 8.97. The van der Waals surface area contributed by atoms with E-state index >= 15 is 0 Å². The number of hydrogen-bond acceptors (Lipinski definition) is 0. The van der Waals surface area contributed by atoms with E-state index in [1.807, 2.05) is 6.08 Å². The molecule has 0 aromatic heterocycles. The van der Waals surface area contributed by atoms with Gasteiger partial charge in [-0.2, -0.15) is 0 Å². The average Bonchev–Trinajstić information content (AvgIpc) is 2.05. The number of hydrogen-bond donors (Lipinski definition) is 0. The molecule has 0 heteroatoms. The molecule has 0 heterocycles. The van der Waals surface area contributed by atoms with Crippen LogP contribution in [0.1, 0.15) is 24.5 Å². The van der Waals surface area contributed by atoms with E-state index in [9.17, 15) is 0 Å². The molecule has 0 atom stereocenters. The predicted octanol–water partition coefficient (Wildman–Crippen LogP) is 3.51. The van der Waals surface area contributed by atoms with Crippen LogP contribution in [0.4, 0.5) is 0 Å². The van der Waals surface area contributed by atoms with Crippen molar-refractivity contribution in [1.29, 1.82) is 0 Å². The zero-order valence-electron chi connectivity index (χ0n) is 7.80. The molecule has 0 saturated heterocycles. The van der Waals surface area contributed by atoms with Crippen LogP contribution in [0.15, 0.2) is 36.9 Å². The van der Waals surface area contributed by atoms with Gasteiger partial charge in [0.2, 0.25) is 0 Å². The molecule has 0 spiro atoms. The summed E-state index contributed by atoms with van der Waals surface area (Å²) in [6.07, 6.45) is 2.92. The number of benzene rings is 1. The molecule has 0 fully saturated rings. The van der Waals surface area contributed by atoms with Crippen molar-refractivity contribution < 1.29 is 0 Å². The first kappa shape index (κ1) is 9.05. The Labute approximate surface area is 74.9 Å². The molecule has 0 nitrogen and oxygen atoms in total. The van der Waals surface area contributed by atoms with Crippen LogP contribution < -0.4 is 0 Å². The van der Waals surface area contributed by atoms with E-state index in [4.69, 9.17) is 0 Å². The van der Waals surface area contributed by atoms with E-state index < -0.39 is 0 Å². The lowest BCUT2D eigenvalue weighted by Gasteiger charge is -2.10. The van der Waals surface area contributed by atoms with Gasteiger partial charge in [0.1, 0.15) is 0 Å². The lowest BCUT2D eigenvalue weighted by Crippen LogP contribution is -1.95. The van der Waals surface area contributed by atoms with Gasteiger partial charge < -0.3 is 0 Å². The predicted molar refractivity (Wildman–Crippen MR) is 54.0 cm³/mol. The Morgan fingerprint density at radius 2 is 2.08 bits per heavy atom. The Morgan fingerprint density at radius 1 is 1.42 bits per heavy atom. The highest BCUT2D eigenvalue weighted by Crippen LogP contribution is 2.21. The van der Waals surface area contributed by atoms with Crippen molar-refractivity contribution in [3.05, 3.63) is 54.0 Å². The first-order chi connectivity index (χ1) is 5.75. The van der Waals surface area contributed by atoms with Crippen molar-refractivity contribution >= 4 is 0 Å². The molecule has 0 unspecified atom stereocenters. The summed E-state index contributed by atoms with van der Waals surface area (Å²) in [5.74, 6) is 1.39. The topological polar surface area (TPSA) is 0 Å². The van der Waals surface area contributed by atoms with Gasteiger partial charge in [-0.1, -0.05) is 37.3 Å². The van der Waals surface area contributed by atoms with Crippen LogP contribution in [-0.4, -0.2) is 0 Å². The summed E-state index contributed by atoms with van der Waals surface area (Å²) in [5.41, 5.74) is 2.70.